The van der Waals surface area contributed by atoms with Crippen LogP contribution in [0.3, 0.4) is 0 Å². The summed E-state index contributed by atoms with van der Waals surface area (Å²) in [6.45, 7) is 12.0. The predicted molar refractivity (Wildman–Crippen MR) is 87.3 cm³/mol. The Morgan fingerprint density at radius 1 is 1.15 bits per heavy atom. The van der Waals surface area contributed by atoms with Crippen molar-refractivity contribution in [2.24, 2.45) is 11.3 Å². The summed E-state index contributed by atoms with van der Waals surface area (Å²) in [5, 5.41) is 3.45. The third-order valence-electron chi connectivity index (χ3n) is 3.54. The van der Waals surface area contributed by atoms with Crippen LogP contribution in [0.1, 0.15) is 59.1 Å². The SMILES string of the molecule is CCOc1ccc(C(CC(C)CC(C)(C)C)NC)cc1. The van der Waals surface area contributed by atoms with E-state index in [2.05, 4.69) is 57.3 Å². The second-order valence-corrected chi connectivity index (χ2v) is 6.95. The molecule has 0 aliphatic heterocycles. The molecule has 1 aromatic carbocycles. The maximum absolute atomic E-state index is 5.50. The van der Waals surface area contributed by atoms with Crippen LogP contribution in [0.5, 0.6) is 5.75 Å². The summed E-state index contributed by atoms with van der Waals surface area (Å²) in [4.78, 5) is 0. The van der Waals surface area contributed by atoms with Crippen LogP contribution in [0, 0.1) is 11.3 Å². The minimum absolute atomic E-state index is 0.399. The summed E-state index contributed by atoms with van der Waals surface area (Å²) in [7, 11) is 2.05. The molecule has 2 heteroatoms. The maximum atomic E-state index is 5.50. The summed E-state index contributed by atoms with van der Waals surface area (Å²) in [6, 6.07) is 8.91. The topological polar surface area (TPSA) is 21.3 Å². The number of benzene rings is 1. The number of hydrogen-bond donors (Lipinski definition) is 1. The average molecular weight is 277 g/mol. The van der Waals surface area contributed by atoms with Crippen LogP contribution in [0.2, 0.25) is 0 Å². The van der Waals surface area contributed by atoms with Gasteiger partial charge in [-0.1, -0.05) is 39.8 Å². The summed E-state index contributed by atoms with van der Waals surface area (Å²) in [6.07, 6.45) is 2.42. The van der Waals surface area contributed by atoms with E-state index in [4.69, 9.17) is 4.74 Å². The van der Waals surface area contributed by atoms with Crippen molar-refractivity contribution in [2.45, 2.75) is 53.5 Å². The van der Waals surface area contributed by atoms with Crippen molar-refractivity contribution in [1.82, 2.24) is 5.32 Å². The van der Waals surface area contributed by atoms with E-state index in [1.165, 1.54) is 18.4 Å². The average Bonchev–Trinajstić information content (AvgIpc) is 2.35. The molecule has 0 spiro atoms. The molecule has 1 aromatic rings. The van der Waals surface area contributed by atoms with E-state index in [-0.39, 0.29) is 0 Å². The molecule has 1 rings (SSSR count). The number of rotatable bonds is 7. The molecule has 1 N–H and O–H groups in total. The largest absolute Gasteiger partial charge is 0.494 e. The van der Waals surface area contributed by atoms with Crippen molar-refractivity contribution in [2.75, 3.05) is 13.7 Å². The molecule has 0 aliphatic carbocycles. The van der Waals surface area contributed by atoms with E-state index in [0.29, 0.717) is 17.4 Å². The van der Waals surface area contributed by atoms with Gasteiger partial charge in [-0.05, 0) is 55.8 Å². The number of nitrogens with one attached hydrogen (secondary N) is 1. The molecule has 0 amide bonds. The van der Waals surface area contributed by atoms with E-state index in [1.807, 2.05) is 14.0 Å². The Morgan fingerprint density at radius 3 is 2.20 bits per heavy atom. The fourth-order valence-electron chi connectivity index (χ4n) is 2.91. The van der Waals surface area contributed by atoms with Gasteiger partial charge >= 0.3 is 0 Å². The summed E-state index contributed by atoms with van der Waals surface area (Å²) in [5.41, 5.74) is 1.74. The van der Waals surface area contributed by atoms with Crippen molar-refractivity contribution in [3.8, 4) is 5.75 Å². The molecule has 0 aromatic heterocycles. The zero-order valence-electron chi connectivity index (χ0n) is 14.0. The van der Waals surface area contributed by atoms with Crippen molar-refractivity contribution in [3.63, 3.8) is 0 Å². The second kappa shape index (κ2) is 7.68. The molecule has 114 valence electrons. The Balaban J connectivity index is 2.65. The van der Waals surface area contributed by atoms with Gasteiger partial charge in [-0.2, -0.15) is 0 Å². The Morgan fingerprint density at radius 2 is 1.75 bits per heavy atom. The molecule has 2 unspecified atom stereocenters. The van der Waals surface area contributed by atoms with E-state index in [1.54, 1.807) is 0 Å². The van der Waals surface area contributed by atoms with E-state index >= 15 is 0 Å². The third kappa shape index (κ3) is 5.96. The van der Waals surface area contributed by atoms with E-state index in [0.717, 1.165) is 12.4 Å². The summed E-state index contributed by atoms with van der Waals surface area (Å²) in [5.74, 6) is 1.66. The summed E-state index contributed by atoms with van der Waals surface area (Å²) < 4.78 is 5.50. The Hall–Kier alpha value is -1.02. The van der Waals surface area contributed by atoms with Crippen LogP contribution in [0.25, 0.3) is 0 Å². The highest BCUT2D eigenvalue weighted by molar-refractivity contribution is 5.29. The second-order valence-electron chi connectivity index (χ2n) is 6.95. The quantitative estimate of drug-likeness (QED) is 0.772. The molecule has 0 saturated heterocycles. The molecule has 0 heterocycles. The Kier molecular flexibility index (Phi) is 6.54. The molecular formula is C18H31NO. The first-order valence-electron chi connectivity index (χ1n) is 7.75. The normalized spacial score (nSPS) is 14.9. The van der Waals surface area contributed by atoms with Gasteiger partial charge in [0.1, 0.15) is 5.75 Å². The molecule has 0 aliphatic rings. The van der Waals surface area contributed by atoms with Gasteiger partial charge in [-0.15, -0.1) is 0 Å². The summed E-state index contributed by atoms with van der Waals surface area (Å²) >= 11 is 0. The van der Waals surface area contributed by atoms with E-state index < -0.39 is 0 Å². The fraction of sp³-hybridized carbons (Fsp3) is 0.667. The number of ether oxygens (including phenoxy) is 1. The van der Waals surface area contributed by atoms with Gasteiger partial charge in [-0.25, -0.2) is 0 Å². The van der Waals surface area contributed by atoms with Crippen molar-refractivity contribution >= 4 is 0 Å². The predicted octanol–water partition coefficient (Wildman–Crippen LogP) is 4.81. The van der Waals surface area contributed by atoms with Crippen LogP contribution in [0.4, 0.5) is 0 Å². The lowest BCUT2D eigenvalue weighted by molar-refractivity contribution is 0.279. The highest BCUT2D eigenvalue weighted by Crippen LogP contribution is 2.30. The van der Waals surface area contributed by atoms with Gasteiger partial charge < -0.3 is 10.1 Å². The van der Waals surface area contributed by atoms with Gasteiger partial charge in [0.05, 0.1) is 6.61 Å². The lowest BCUT2D eigenvalue weighted by Gasteiger charge is -2.27. The minimum Gasteiger partial charge on any atom is -0.494 e. The minimum atomic E-state index is 0.399. The molecular weight excluding hydrogens is 246 g/mol. The van der Waals surface area contributed by atoms with Crippen molar-refractivity contribution < 1.29 is 4.74 Å². The lowest BCUT2D eigenvalue weighted by Crippen LogP contribution is -2.21. The molecule has 0 bridgehead atoms. The van der Waals surface area contributed by atoms with Gasteiger partial charge in [-0.3, -0.25) is 0 Å². The number of hydrogen-bond acceptors (Lipinski definition) is 2. The van der Waals surface area contributed by atoms with Gasteiger partial charge in [0.15, 0.2) is 0 Å². The molecule has 20 heavy (non-hydrogen) atoms. The zero-order chi connectivity index (χ0) is 15.2. The highest BCUT2D eigenvalue weighted by Gasteiger charge is 2.19. The van der Waals surface area contributed by atoms with Crippen molar-refractivity contribution in [3.05, 3.63) is 29.8 Å². The van der Waals surface area contributed by atoms with Gasteiger partial charge in [0.25, 0.3) is 0 Å². The standard InChI is InChI=1S/C18H31NO/c1-7-20-16-10-8-15(9-11-16)17(19-6)12-14(2)13-18(3,4)5/h8-11,14,17,19H,7,12-13H2,1-6H3. The Labute approximate surface area is 124 Å². The van der Waals surface area contributed by atoms with E-state index in [9.17, 15) is 0 Å². The fourth-order valence-corrected chi connectivity index (χ4v) is 2.91. The van der Waals surface area contributed by atoms with Crippen LogP contribution >= 0.6 is 0 Å². The molecule has 2 atom stereocenters. The highest BCUT2D eigenvalue weighted by atomic mass is 16.5. The van der Waals surface area contributed by atoms with Crippen LogP contribution in [-0.2, 0) is 0 Å². The molecule has 0 fully saturated rings. The van der Waals surface area contributed by atoms with Crippen LogP contribution in [-0.4, -0.2) is 13.7 Å². The first-order valence-corrected chi connectivity index (χ1v) is 7.75. The first kappa shape index (κ1) is 17.0. The van der Waals surface area contributed by atoms with Crippen molar-refractivity contribution in [1.29, 1.82) is 0 Å². The van der Waals surface area contributed by atoms with Crippen LogP contribution in [0.15, 0.2) is 24.3 Å². The molecule has 0 saturated carbocycles. The zero-order valence-corrected chi connectivity index (χ0v) is 14.0. The third-order valence-corrected chi connectivity index (χ3v) is 3.54. The first-order chi connectivity index (χ1) is 9.35. The van der Waals surface area contributed by atoms with Gasteiger partial charge in [0.2, 0.25) is 0 Å². The monoisotopic (exact) mass is 277 g/mol. The maximum Gasteiger partial charge on any atom is 0.119 e. The molecule has 2 nitrogen and oxygen atoms in total. The van der Waals surface area contributed by atoms with Crippen LogP contribution < -0.4 is 10.1 Å². The van der Waals surface area contributed by atoms with Gasteiger partial charge in [0, 0.05) is 6.04 Å². The smallest absolute Gasteiger partial charge is 0.119 e. The lowest BCUT2D eigenvalue weighted by atomic mass is 9.82. The Bertz CT molecular complexity index is 377. The molecule has 0 radical (unpaired) electrons.